The maximum Gasteiger partial charge on any atom is 0.209 e. The number of sulfone groups is 1. The fraction of sp³-hybridized carbons (Fsp3) is 0.500. The van der Waals surface area contributed by atoms with Crippen molar-refractivity contribution in [2.75, 3.05) is 18.6 Å². The topological polar surface area (TPSA) is 104 Å². The van der Waals surface area contributed by atoms with Gasteiger partial charge in [0.25, 0.3) is 0 Å². The molecule has 0 saturated carbocycles. The molecule has 1 aromatic rings. The highest BCUT2D eigenvalue weighted by molar-refractivity contribution is 7.90. The Balaban J connectivity index is 2.74. The van der Waals surface area contributed by atoms with E-state index in [1.54, 1.807) is 12.1 Å². The van der Waals surface area contributed by atoms with E-state index in [9.17, 15) is 16.8 Å². The van der Waals surface area contributed by atoms with Crippen molar-refractivity contribution in [1.82, 2.24) is 0 Å². The Labute approximate surface area is 119 Å². The number of nitrogens with two attached hydrogens (primary N) is 1. The van der Waals surface area contributed by atoms with Gasteiger partial charge in [-0.25, -0.2) is 22.0 Å². The Hall–Kier alpha value is -1.12. The Morgan fingerprint density at radius 2 is 1.90 bits per heavy atom. The molecule has 0 aliphatic rings. The number of ether oxygens (including phenoxy) is 1. The number of hydrogen-bond donors (Lipinski definition) is 1. The van der Waals surface area contributed by atoms with Crippen LogP contribution in [-0.4, -0.2) is 35.5 Å². The number of rotatable bonds is 7. The van der Waals surface area contributed by atoms with Crippen LogP contribution in [0, 0.1) is 5.92 Å². The molecule has 0 spiro atoms. The standard InChI is InChI=1S/C12H19NO5S2/c1-3-10(9-20(13,16)17)8-18-11-5-4-6-12(7-11)19(2,14)15/h4-7,10H,3,8-9H2,1-2H3,(H2,13,16,17). The lowest BCUT2D eigenvalue weighted by Gasteiger charge is -2.15. The number of sulfonamides is 1. The SMILES string of the molecule is CCC(COc1cccc(S(C)(=O)=O)c1)CS(N)(=O)=O. The lowest BCUT2D eigenvalue weighted by Crippen LogP contribution is -2.26. The molecule has 20 heavy (non-hydrogen) atoms. The molecule has 1 atom stereocenters. The van der Waals surface area contributed by atoms with Crippen molar-refractivity contribution < 1.29 is 21.6 Å². The third kappa shape index (κ3) is 5.89. The molecule has 0 amide bonds. The number of primary sulfonamides is 1. The summed E-state index contributed by atoms with van der Waals surface area (Å²) in [5.41, 5.74) is 0. The summed E-state index contributed by atoms with van der Waals surface area (Å²) in [5, 5.41) is 5.00. The largest absolute Gasteiger partial charge is 0.493 e. The van der Waals surface area contributed by atoms with Crippen LogP contribution in [0.25, 0.3) is 0 Å². The molecule has 0 aromatic heterocycles. The van der Waals surface area contributed by atoms with E-state index < -0.39 is 19.9 Å². The summed E-state index contributed by atoms with van der Waals surface area (Å²) in [4.78, 5) is 0.162. The van der Waals surface area contributed by atoms with E-state index >= 15 is 0 Å². The first-order chi connectivity index (χ1) is 9.12. The Morgan fingerprint density at radius 1 is 1.25 bits per heavy atom. The monoisotopic (exact) mass is 321 g/mol. The van der Waals surface area contributed by atoms with E-state index in [4.69, 9.17) is 9.88 Å². The molecule has 0 aliphatic carbocycles. The Morgan fingerprint density at radius 3 is 2.40 bits per heavy atom. The van der Waals surface area contributed by atoms with Crippen molar-refractivity contribution in [1.29, 1.82) is 0 Å². The van der Waals surface area contributed by atoms with Crippen molar-refractivity contribution >= 4 is 19.9 Å². The van der Waals surface area contributed by atoms with E-state index in [1.165, 1.54) is 12.1 Å². The van der Waals surface area contributed by atoms with Gasteiger partial charge < -0.3 is 4.74 Å². The second kappa shape index (κ2) is 6.55. The smallest absolute Gasteiger partial charge is 0.209 e. The van der Waals surface area contributed by atoms with Crippen molar-refractivity contribution in [3.05, 3.63) is 24.3 Å². The minimum Gasteiger partial charge on any atom is -0.493 e. The molecule has 114 valence electrons. The highest BCUT2D eigenvalue weighted by Crippen LogP contribution is 2.18. The normalized spacial score (nSPS) is 13.9. The first-order valence-corrected chi connectivity index (χ1v) is 9.66. The summed E-state index contributed by atoms with van der Waals surface area (Å²) < 4.78 is 50.4. The molecular formula is C12H19NO5S2. The molecule has 1 rings (SSSR count). The van der Waals surface area contributed by atoms with Gasteiger partial charge in [-0.1, -0.05) is 13.0 Å². The van der Waals surface area contributed by atoms with Gasteiger partial charge in [-0.3, -0.25) is 0 Å². The van der Waals surface area contributed by atoms with Crippen molar-refractivity contribution in [2.24, 2.45) is 11.1 Å². The first-order valence-electron chi connectivity index (χ1n) is 6.05. The van der Waals surface area contributed by atoms with Crippen LogP contribution in [0.3, 0.4) is 0 Å². The van der Waals surface area contributed by atoms with Gasteiger partial charge in [-0.15, -0.1) is 0 Å². The van der Waals surface area contributed by atoms with Gasteiger partial charge in [-0.05, 0) is 24.6 Å². The summed E-state index contributed by atoms with van der Waals surface area (Å²) in [6.45, 7) is 2.01. The van der Waals surface area contributed by atoms with Crippen molar-refractivity contribution in [3.63, 3.8) is 0 Å². The van der Waals surface area contributed by atoms with Crippen LogP contribution in [0.2, 0.25) is 0 Å². The fourth-order valence-electron chi connectivity index (χ4n) is 1.62. The molecule has 0 saturated heterocycles. The molecule has 0 heterocycles. The third-order valence-corrected chi connectivity index (χ3v) is 4.81. The summed E-state index contributed by atoms with van der Waals surface area (Å²) in [5.74, 6) is 0.00242. The van der Waals surface area contributed by atoms with Crippen LogP contribution in [0.5, 0.6) is 5.75 Å². The summed E-state index contributed by atoms with van der Waals surface area (Å²) in [6, 6.07) is 6.09. The van der Waals surface area contributed by atoms with E-state index in [0.717, 1.165) is 6.26 Å². The minimum absolute atomic E-state index is 0.157. The van der Waals surface area contributed by atoms with Gasteiger partial charge in [0, 0.05) is 12.2 Å². The third-order valence-electron chi connectivity index (χ3n) is 2.76. The molecule has 0 aliphatic heterocycles. The lowest BCUT2D eigenvalue weighted by molar-refractivity contribution is 0.257. The van der Waals surface area contributed by atoms with E-state index in [0.29, 0.717) is 12.2 Å². The van der Waals surface area contributed by atoms with E-state index in [2.05, 4.69) is 0 Å². The van der Waals surface area contributed by atoms with Crippen LogP contribution >= 0.6 is 0 Å². The van der Waals surface area contributed by atoms with Crippen molar-refractivity contribution in [3.8, 4) is 5.75 Å². The number of hydrogen-bond acceptors (Lipinski definition) is 5. The van der Waals surface area contributed by atoms with Crippen LogP contribution in [0.4, 0.5) is 0 Å². The summed E-state index contributed by atoms with van der Waals surface area (Å²) in [7, 11) is -6.84. The maximum atomic E-state index is 11.4. The molecule has 0 radical (unpaired) electrons. The average molecular weight is 321 g/mol. The predicted molar refractivity (Wildman–Crippen MR) is 76.8 cm³/mol. The molecule has 2 N–H and O–H groups in total. The first kappa shape index (κ1) is 16.9. The molecule has 8 heteroatoms. The van der Waals surface area contributed by atoms with Crippen LogP contribution in [0.1, 0.15) is 13.3 Å². The van der Waals surface area contributed by atoms with Crippen LogP contribution in [-0.2, 0) is 19.9 Å². The zero-order chi connectivity index (χ0) is 15.4. The lowest BCUT2D eigenvalue weighted by atomic mass is 10.1. The highest BCUT2D eigenvalue weighted by atomic mass is 32.2. The van der Waals surface area contributed by atoms with E-state index in [-0.39, 0.29) is 23.2 Å². The summed E-state index contributed by atoms with van der Waals surface area (Å²) >= 11 is 0. The van der Waals surface area contributed by atoms with Gasteiger partial charge >= 0.3 is 0 Å². The van der Waals surface area contributed by atoms with Gasteiger partial charge in [-0.2, -0.15) is 0 Å². The van der Waals surface area contributed by atoms with Crippen LogP contribution in [0.15, 0.2) is 29.2 Å². The second-order valence-electron chi connectivity index (χ2n) is 4.66. The van der Waals surface area contributed by atoms with Gasteiger partial charge in [0.15, 0.2) is 9.84 Å². The molecule has 0 bridgehead atoms. The zero-order valence-corrected chi connectivity index (χ0v) is 13.1. The fourth-order valence-corrected chi connectivity index (χ4v) is 3.27. The van der Waals surface area contributed by atoms with E-state index in [1.807, 2.05) is 6.92 Å². The molecule has 0 fully saturated rings. The Kier molecular flexibility index (Phi) is 5.55. The molecule has 1 unspecified atom stereocenters. The molecular weight excluding hydrogens is 302 g/mol. The molecule has 1 aromatic carbocycles. The zero-order valence-electron chi connectivity index (χ0n) is 11.4. The maximum absolute atomic E-state index is 11.4. The molecule has 6 nitrogen and oxygen atoms in total. The Bertz CT molecular complexity index is 652. The second-order valence-corrected chi connectivity index (χ2v) is 8.34. The van der Waals surface area contributed by atoms with Crippen molar-refractivity contribution in [2.45, 2.75) is 18.2 Å². The quantitative estimate of drug-likeness (QED) is 0.799. The van der Waals surface area contributed by atoms with Gasteiger partial charge in [0.1, 0.15) is 5.75 Å². The van der Waals surface area contributed by atoms with Crippen LogP contribution < -0.4 is 9.88 Å². The minimum atomic E-state index is -3.55. The van der Waals surface area contributed by atoms with Gasteiger partial charge in [0.2, 0.25) is 10.0 Å². The summed E-state index contributed by atoms with van der Waals surface area (Å²) in [6.07, 6.45) is 1.71. The highest BCUT2D eigenvalue weighted by Gasteiger charge is 2.15. The number of benzene rings is 1. The predicted octanol–water partition coefficient (Wildman–Crippen LogP) is 0.784. The van der Waals surface area contributed by atoms with Gasteiger partial charge in [0.05, 0.1) is 17.3 Å². The average Bonchev–Trinajstić information content (AvgIpc) is 2.32.